The molecule has 0 aliphatic rings. The number of nitrogens with one attached hydrogen (secondary N) is 1. The fraction of sp³-hybridized carbons (Fsp3) is 0.524. The fourth-order valence-corrected chi connectivity index (χ4v) is 2.87. The highest BCUT2D eigenvalue weighted by Crippen LogP contribution is 2.14. The van der Waals surface area contributed by atoms with Crippen molar-refractivity contribution in [3.63, 3.8) is 0 Å². The molecule has 0 saturated heterocycles. The van der Waals surface area contributed by atoms with Gasteiger partial charge < -0.3 is 23.9 Å². The highest BCUT2D eigenvalue weighted by molar-refractivity contribution is 5.91. The third kappa shape index (κ3) is 5.99. The van der Waals surface area contributed by atoms with E-state index in [1.165, 1.54) is 7.11 Å². The second kappa shape index (κ2) is 10.7. The number of hydrogen-bond acceptors (Lipinski definition) is 4. The molecule has 2 aromatic heterocycles. The molecule has 7 heteroatoms. The molecular formula is C21H31N3O4. The number of aromatic nitrogens is 1. The van der Waals surface area contributed by atoms with Gasteiger partial charge in [0.2, 0.25) is 5.91 Å². The van der Waals surface area contributed by atoms with Gasteiger partial charge in [-0.2, -0.15) is 0 Å². The molecule has 0 aromatic carbocycles. The zero-order chi connectivity index (χ0) is 20.5. The van der Waals surface area contributed by atoms with Crippen molar-refractivity contribution in [1.82, 2.24) is 14.8 Å². The molecule has 28 heavy (non-hydrogen) atoms. The van der Waals surface area contributed by atoms with Crippen LogP contribution in [0.1, 0.15) is 55.6 Å². The summed E-state index contributed by atoms with van der Waals surface area (Å²) in [7, 11) is 1.52. The molecule has 0 unspecified atom stereocenters. The second-order valence-corrected chi connectivity index (χ2v) is 6.92. The molecular weight excluding hydrogens is 358 g/mol. The minimum absolute atomic E-state index is 0.0286. The van der Waals surface area contributed by atoms with Crippen molar-refractivity contribution in [3.05, 3.63) is 47.7 Å². The van der Waals surface area contributed by atoms with E-state index in [-0.39, 0.29) is 24.5 Å². The van der Waals surface area contributed by atoms with Crippen molar-refractivity contribution < 1.29 is 18.7 Å². The normalized spacial score (nSPS) is 12.0. The van der Waals surface area contributed by atoms with Gasteiger partial charge in [-0.3, -0.25) is 9.59 Å². The van der Waals surface area contributed by atoms with Crippen LogP contribution in [0.3, 0.4) is 0 Å². The summed E-state index contributed by atoms with van der Waals surface area (Å²) in [6.07, 6.45) is 3.69. The first-order valence-corrected chi connectivity index (χ1v) is 9.78. The largest absolute Gasteiger partial charge is 0.454 e. The molecule has 2 rings (SSSR count). The number of ether oxygens (including phenoxy) is 1. The first-order valence-electron chi connectivity index (χ1n) is 9.78. The predicted molar refractivity (Wildman–Crippen MR) is 107 cm³/mol. The first kappa shape index (κ1) is 21.8. The van der Waals surface area contributed by atoms with E-state index < -0.39 is 0 Å². The number of hydrogen-bond donors (Lipinski definition) is 1. The second-order valence-electron chi connectivity index (χ2n) is 6.92. The van der Waals surface area contributed by atoms with Crippen LogP contribution in [-0.4, -0.2) is 47.6 Å². The highest BCUT2D eigenvalue weighted by Gasteiger charge is 2.16. The Bertz CT molecular complexity index is 765. The smallest absolute Gasteiger partial charge is 0.287 e. The van der Waals surface area contributed by atoms with Crippen molar-refractivity contribution >= 4 is 11.8 Å². The Hall–Kier alpha value is -2.54. The molecule has 0 bridgehead atoms. The van der Waals surface area contributed by atoms with E-state index in [9.17, 15) is 9.59 Å². The molecule has 2 aromatic rings. The van der Waals surface area contributed by atoms with Crippen LogP contribution in [0.4, 0.5) is 0 Å². The quantitative estimate of drug-likeness (QED) is 0.641. The molecule has 7 nitrogen and oxygen atoms in total. The number of furan rings is 1. The summed E-state index contributed by atoms with van der Waals surface area (Å²) in [6.45, 7) is 7.77. The van der Waals surface area contributed by atoms with Crippen molar-refractivity contribution in [1.29, 1.82) is 0 Å². The van der Waals surface area contributed by atoms with Gasteiger partial charge in [-0.15, -0.1) is 0 Å². The molecule has 0 fully saturated rings. The number of nitrogens with zero attached hydrogens (tertiary/aromatic N) is 2. The fourth-order valence-electron chi connectivity index (χ4n) is 2.87. The van der Waals surface area contributed by atoms with Crippen LogP contribution in [-0.2, 0) is 22.6 Å². The lowest BCUT2D eigenvalue weighted by atomic mass is 10.2. The minimum Gasteiger partial charge on any atom is -0.454 e. The number of amides is 2. The number of methoxy groups -OCH3 is 1. The van der Waals surface area contributed by atoms with Crippen molar-refractivity contribution in [3.8, 4) is 0 Å². The average Bonchev–Trinajstić information content (AvgIpc) is 3.31. The predicted octanol–water partition coefficient (Wildman–Crippen LogP) is 3.04. The summed E-state index contributed by atoms with van der Waals surface area (Å²) >= 11 is 0. The molecule has 1 N–H and O–H groups in total. The topological polar surface area (TPSA) is 76.7 Å². The van der Waals surface area contributed by atoms with E-state index in [2.05, 4.69) is 5.32 Å². The van der Waals surface area contributed by atoms with Gasteiger partial charge in [0.15, 0.2) is 5.76 Å². The summed E-state index contributed by atoms with van der Waals surface area (Å²) < 4.78 is 12.7. The van der Waals surface area contributed by atoms with Crippen LogP contribution in [0.2, 0.25) is 0 Å². The Kier molecular flexibility index (Phi) is 8.32. The standard InChI is InChI=1S/C21H31N3O4/c1-5-11-24(20(25)15-27-4)13-17-8-7-12-23(17)14-18-9-10-19(28-18)21(26)22-16(3)6-2/h7-10,12,16H,5-6,11,13-15H2,1-4H3,(H,22,26)/t16-/m1/s1. The first-order chi connectivity index (χ1) is 13.5. The van der Waals surface area contributed by atoms with E-state index in [1.807, 2.05) is 49.7 Å². The highest BCUT2D eigenvalue weighted by atomic mass is 16.5. The van der Waals surface area contributed by atoms with Crippen LogP contribution in [0.25, 0.3) is 0 Å². The molecule has 0 aliphatic carbocycles. The Balaban J connectivity index is 2.05. The lowest BCUT2D eigenvalue weighted by Gasteiger charge is -2.22. The molecule has 1 atom stereocenters. The van der Waals surface area contributed by atoms with Gasteiger partial charge in [0.05, 0.1) is 13.1 Å². The van der Waals surface area contributed by atoms with E-state index in [0.717, 1.165) is 18.5 Å². The third-order valence-electron chi connectivity index (χ3n) is 4.59. The molecule has 0 radical (unpaired) electrons. The third-order valence-corrected chi connectivity index (χ3v) is 4.59. The van der Waals surface area contributed by atoms with Crippen LogP contribution in [0.5, 0.6) is 0 Å². The maximum Gasteiger partial charge on any atom is 0.287 e. The molecule has 2 amide bonds. The average molecular weight is 389 g/mol. The van der Waals surface area contributed by atoms with E-state index in [4.69, 9.17) is 9.15 Å². The van der Waals surface area contributed by atoms with Gasteiger partial charge >= 0.3 is 0 Å². The van der Waals surface area contributed by atoms with E-state index in [1.54, 1.807) is 11.0 Å². The molecule has 154 valence electrons. The van der Waals surface area contributed by atoms with Crippen LogP contribution < -0.4 is 5.32 Å². The molecule has 0 saturated carbocycles. The maximum atomic E-state index is 12.2. The zero-order valence-corrected chi connectivity index (χ0v) is 17.2. The lowest BCUT2D eigenvalue weighted by Crippen LogP contribution is -2.34. The van der Waals surface area contributed by atoms with Crippen LogP contribution in [0.15, 0.2) is 34.9 Å². The summed E-state index contributed by atoms with van der Waals surface area (Å²) in [5.74, 6) is 0.774. The summed E-state index contributed by atoms with van der Waals surface area (Å²) in [5, 5.41) is 2.90. The Morgan fingerprint density at radius 1 is 1.29 bits per heavy atom. The summed E-state index contributed by atoms with van der Waals surface area (Å²) in [6, 6.07) is 7.55. The number of carbonyl (C=O) groups excluding carboxylic acids is 2. The van der Waals surface area contributed by atoms with Gasteiger partial charge in [0.1, 0.15) is 12.4 Å². The Morgan fingerprint density at radius 3 is 2.75 bits per heavy atom. The lowest BCUT2D eigenvalue weighted by molar-refractivity contribution is -0.135. The SMILES string of the molecule is CCCN(Cc1cccn1Cc1ccc(C(=O)N[C@H](C)CC)o1)C(=O)COC. The molecule has 2 heterocycles. The van der Waals surface area contributed by atoms with Gasteiger partial charge in [-0.25, -0.2) is 0 Å². The number of rotatable bonds is 11. The zero-order valence-electron chi connectivity index (χ0n) is 17.2. The number of carbonyl (C=O) groups is 2. The monoisotopic (exact) mass is 389 g/mol. The van der Waals surface area contributed by atoms with Gasteiger partial charge in [-0.1, -0.05) is 13.8 Å². The van der Waals surface area contributed by atoms with Gasteiger partial charge in [0, 0.05) is 31.6 Å². The summed E-state index contributed by atoms with van der Waals surface area (Å²) in [4.78, 5) is 26.2. The maximum absolute atomic E-state index is 12.2. The van der Waals surface area contributed by atoms with Crippen molar-refractivity contribution in [2.24, 2.45) is 0 Å². The van der Waals surface area contributed by atoms with E-state index >= 15 is 0 Å². The van der Waals surface area contributed by atoms with Crippen LogP contribution in [0, 0.1) is 0 Å². The Labute approximate surface area is 166 Å². The Morgan fingerprint density at radius 2 is 2.07 bits per heavy atom. The molecule has 0 aliphatic heterocycles. The minimum atomic E-state index is -0.201. The summed E-state index contributed by atoms with van der Waals surface area (Å²) in [5.41, 5.74) is 1.000. The molecule has 0 spiro atoms. The van der Waals surface area contributed by atoms with Gasteiger partial charge in [-0.05, 0) is 44.0 Å². The van der Waals surface area contributed by atoms with Gasteiger partial charge in [0.25, 0.3) is 5.91 Å². The van der Waals surface area contributed by atoms with Crippen molar-refractivity contribution in [2.45, 2.75) is 52.7 Å². The van der Waals surface area contributed by atoms with E-state index in [0.29, 0.717) is 31.2 Å². The van der Waals surface area contributed by atoms with Crippen LogP contribution >= 0.6 is 0 Å². The van der Waals surface area contributed by atoms with Crippen molar-refractivity contribution in [2.75, 3.05) is 20.3 Å².